The van der Waals surface area contributed by atoms with Gasteiger partial charge in [0.05, 0.1) is 42.1 Å². The third-order valence-electron chi connectivity index (χ3n) is 2.16. The Hall–Kier alpha value is -0.900. The first-order valence-corrected chi connectivity index (χ1v) is 5.19. The summed E-state index contributed by atoms with van der Waals surface area (Å²) in [5.41, 5.74) is -1.84. The largest absolute Gasteiger partial charge is 0.371 e. The average molecular weight is 325 g/mol. The maximum atomic E-state index is 11.6. The topological polar surface area (TPSA) is 78.5 Å². The van der Waals surface area contributed by atoms with Gasteiger partial charge < -0.3 is 4.74 Å². The number of epoxide rings is 1. The second kappa shape index (κ2) is 3.59. The molecule has 1 fully saturated rings. The van der Waals surface area contributed by atoms with Crippen LogP contribution in [0, 0.1) is 0 Å². The average Bonchev–Trinajstić information content (AvgIpc) is 3.02. The monoisotopic (exact) mass is 325 g/mol. The van der Waals surface area contributed by atoms with Crippen LogP contribution >= 0.6 is 22.9 Å². The summed E-state index contributed by atoms with van der Waals surface area (Å²) in [5, 5.41) is 0. The second-order valence-corrected chi connectivity index (χ2v) is 4.22. The van der Waals surface area contributed by atoms with Gasteiger partial charge in [-0.25, -0.2) is 23.5 Å². The summed E-state index contributed by atoms with van der Waals surface area (Å²) in [6.45, 7) is 0.755. The van der Waals surface area contributed by atoms with Gasteiger partial charge in [-0.05, 0) is 0 Å². The second-order valence-electron chi connectivity index (χ2n) is 3.25. The maximum Gasteiger partial charge on any atom is 0.345 e. The Morgan fingerprint density at radius 2 is 1.93 bits per heavy atom. The molecule has 2 rings (SSSR count). The van der Waals surface area contributed by atoms with Crippen molar-refractivity contribution in [2.45, 2.75) is 12.6 Å². The van der Waals surface area contributed by atoms with E-state index in [1.165, 1.54) is 7.05 Å². The molecule has 2 heterocycles. The van der Waals surface area contributed by atoms with Gasteiger partial charge in [-0.3, -0.25) is 0 Å². The van der Waals surface area contributed by atoms with Gasteiger partial charge in [0.1, 0.15) is 0 Å². The van der Waals surface area contributed by atoms with Crippen molar-refractivity contribution in [2.75, 3.05) is 6.61 Å². The SMILES string of the molecule is Cn1c(=O)n(I)c(=O)n(CC2CO2)c1=O. The van der Waals surface area contributed by atoms with Crippen molar-refractivity contribution in [3.8, 4) is 0 Å². The van der Waals surface area contributed by atoms with Gasteiger partial charge in [-0.1, -0.05) is 0 Å². The highest BCUT2D eigenvalue weighted by Gasteiger charge is 2.25. The molecule has 0 aliphatic carbocycles. The molecule has 1 unspecified atom stereocenters. The predicted octanol–water partition coefficient (Wildman–Crippen LogP) is -1.69. The van der Waals surface area contributed by atoms with Crippen LogP contribution in [0.1, 0.15) is 0 Å². The Morgan fingerprint density at radius 1 is 1.33 bits per heavy atom. The van der Waals surface area contributed by atoms with E-state index in [0.717, 1.165) is 11.9 Å². The molecule has 15 heavy (non-hydrogen) atoms. The number of ether oxygens (including phenoxy) is 1. The van der Waals surface area contributed by atoms with Crippen LogP contribution in [0.25, 0.3) is 0 Å². The quantitative estimate of drug-likeness (QED) is 0.480. The first-order chi connectivity index (χ1) is 7.02. The van der Waals surface area contributed by atoms with E-state index in [9.17, 15) is 14.4 Å². The molecule has 7 nitrogen and oxygen atoms in total. The number of halogens is 1. The summed E-state index contributed by atoms with van der Waals surface area (Å²) in [7, 11) is 1.34. The predicted molar refractivity (Wildman–Crippen MR) is 59.4 cm³/mol. The highest BCUT2D eigenvalue weighted by molar-refractivity contribution is 14.1. The van der Waals surface area contributed by atoms with Crippen LogP contribution in [0.2, 0.25) is 0 Å². The van der Waals surface area contributed by atoms with Crippen LogP contribution in [0.5, 0.6) is 0 Å². The van der Waals surface area contributed by atoms with Crippen LogP contribution in [0.15, 0.2) is 14.4 Å². The molecule has 1 atom stereocenters. The fourth-order valence-corrected chi connectivity index (χ4v) is 1.78. The van der Waals surface area contributed by atoms with Crippen molar-refractivity contribution < 1.29 is 4.74 Å². The molecule has 1 aromatic rings. The molecule has 1 saturated heterocycles. The van der Waals surface area contributed by atoms with E-state index in [-0.39, 0.29) is 12.6 Å². The Bertz CT molecular complexity index is 525. The third-order valence-corrected chi connectivity index (χ3v) is 2.99. The van der Waals surface area contributed by atoms with Gasteiger partial charge >= 0.3 is 17.1 Å². The lowest BCUT2D eigenvalue weighted by atomic mass is 10.5. The minimum Gasteiger partial charge on any atom is -0.371 e. The smallest absolute Gasteiger partial charge is 0.345 e. The summed E-state index contributed by atoms with van der Waals surface area (Å²) in [4.78, 5) is 34.5. The fraction of sp³-hybridized carbons (Fsp3) is 0.571. The Morgan fingerprint density at radius 3 is 2.47 bits per heavy atom. The van der Waals surface area contributed by atoms with Crippen molar-refractivity contribution in [3.63, 3.8) is 0 Å². The summed E-state index contributed by atoms with van der Waals surface area (Å²) in [6, 6.07) is 0. The molecule has 0 radical (unpaired) electrons. The lowest BCUT2D eigenvalue weighted by Crippen LogP contribution is -2.51. The maximum absolute atomic E-state index is 11.6. The summed E-state index contributed by atoms with van der Waals surface area (Å²) in [5.74, 6) is 0. The standard InChI is InChI=1S/C7H8IN3O4/c1-9-5(12)10(2-4-3-15-4)7(14)11(8)6(9)13/h4H,2-3H2,1H3. The molecule has 0 spiro atoms. The van der Waals surface area contributed by atoms with Gasteiger partial charge in [-0.15, -0.1) is 0 Å². The molecule has 0 N–H and O–H groups in total. The minimum absolute atomic E-state index is 0.0793. The molecular formula is C7H8IN3O4. The van der Waals surface area contributed by atoms with Gasteiger partial charge in [0.15, 0.2) is 0 Å². The molecular weight excluding hydrogens is 317 g/mol. The van der Waals surface area contributed by atoms with Gasteiger partial charge in [-0.2, -0.15) is 2.78 Å². The molecule has 0 aromatic carbocycles. The van der Waals surface area contributed by atoms with Crippen molar-refractivity contribution >= 4 is 22.9 Å². The number of nitrogens with zero attached hydrogens (tertiary/aromatic N) is 3. The number of rotatable bonds is 2. The lowest BCUT2D eigenvalue weighted by molar-refractivity contribution is 0.369. The minimum atomic E-state index is -0.626. The molecule has 0 bridgehead atoms. The van der Waals surface area contributed by atoms with E-state index in [0.29, 0.717) is 6.61 Å². The van der Waals surface area contributed by atoms with E-state index in [4.69, 9.17) is 4.74 Å². The normalized spacial score (nSPS) is 19.2. The lowest BCUT2D eigenvalue weighted by Gasteiger charge is -2.05. The highest BCUT2D eigenvalue weighted by Crippen LogP contribution is 2.08. The van der Waals surface area contributed by atoms with Crippen LogP contribution < -0.4 is 17.1 Å². The molecule has 0 amide bonds. The van der Waals surface area contributed by atoms with Crippen molar-refractivity contribution in [2.24, 2.45) is 7.05 Å². The first-order valence-electron chi connectivity index (χ1n) is 4.23. The van der Waals surface area contributed by atoms with Crippen LogP contribution in [-0.2, 0) is 18.3 Å². The zero-order chi connectivity index (χ0) is 11.2. The Kier molecular flexibility index (Phi) is 2.54. The molecule has 0 saturated carbocycles. The van der Waals surface area contributed by atoms with Gasteiger partial charge in [0, 0.05) is 7.05 Å². The van der Waals surface area contributed by atoms with Crippen LogP contribution in [0.4, 0.5) is 0 Å². The number of hydrogen-bond acceptors (Lipinski definition) is 4. The van der Waals surface area contributed by atoms with Gasteiger partial charge in [0.25, 0.3) is 0 Å². The van der Waals surface area contributed by atoms with Crippen molar-refractivity contribution in [1.82, 2.24) is 11.9 Å². The molecule has 1 aliphatic heterocycles. The zero-order valence-electron chi connectivity index (χ0n) is 7.84. The van der Waals surface area contributed by atoms with E-state index in [2.05, 4.69) is 0 Å². The summed E-state index contributed by atoms with van der Waals surface area (Å²) >= 11 is 1.57. The Labute approximate surface area is 97.4 Å². The van der Waals surface area contributed by atoms with E-state index >= 15 is 0 Å². The van der Waals surface area contributed by atoms with Crippen LogP contribution in [-0.4, -0.2) is 24.6 Å². The Balaban J connectivity index is 2.67. The molecule has 1 aromatic heterocycles. The summed E-state index contributed by atoms with van der Waals surface area (Å²) in [6.07, 6.45) is -0.0793. The van der Waals surface area contributed by atoms with Crippen LogP contribution in [0.3, 0.4) is 0 Å². The van der Waals surface area contributed by atoms with Crippen molar-refractivity contribution in [3.05, 3.63) is 31.5 Å². The zero-order valence-corrected chi connectivity index (χ0v) is 10.0. The van der Waals surface area contributed by atoms with Crippen molar-refractivity contribution in [1.29, 1.82) is 0 Å². The molecule has 82 valence electrons. The molecule has 1 aliphatic rings. The third kappa shape index (κ3) is 1.78. The number of aromatic nitrogens is 3. The van der Waals surface area contributed by atoms with E-state index in [1.54, 1.807) is 22.9 Å². The highest BCUT2D eigenvalue weighted by atomic mass is 127. The van der Waals surface area contributed by atoms with E-state index < -0.39 is 17.1 Å². The van der Waals surface area contributed by atoms with E-state index in [1.807, 2.05) is 0 Å². The van der Waals surface area contributed by atoms with Gasteiger partial charge in [0.2, 0.25) is 0 Å². The number of hydrogen-bond donors (Lipinski definition) is 0. The fourth-order valence-electron chi connectivity index (χ4n) is 1.20. The first kappa shape index (κ1) is 10.6. The molecule has 8 heteroatoms. The summed E-state index contributed by atoms with van der Waals surface area (Å²) < 4.78 is 7.72.